The fourth-order valence-electron chi connectivity index (χ4n) is 1.94. The van der Waals surface area contributed by atoms with Gasteiger partial charge in [-0.2, -0.15) is 0 Å². The molecule has 0 atom stereocenters. The topological polar surface area (TPSA) is 67.9 Å². The predicted octanol–water partition coefficient (Wildman–Crippen LogP) is 2.05. The number of hydroxylamine groups is 1. The van der Waals surface area contributed by atoms with Crippen LogP contribution in [0.3, 0.4) is 0 Å². The van der Waals surface area contributed by atoms with Crippen LogP contribution in [0.15, 0.2) is 0 Å². The molecule has 0 aromatic heterocycles. The van der Waals surface area contributed by atoms with Gasteiger partial charge in [-0.15, -0.1) is 5.48 Å². The number of carbonyl (C=O) groups is 2. The van der Waals surface area contributed by atoms with E-state index in [9.17, 15) is 9.59 Å². The maximum atomic E-state index is 11.6. The number of ether oxygens (including phenoxy) is 1. The minimum atomic E-state index is -0.752. The molecule has 2 amide bonds. The summed E-state index contributed by atoms with van der Waals surface area (Å²) in [5.41, 5.74) is 1.95. The summed E-state index contributed by atoms with van der Waals surface area (Å²) in [7, 11) is 1.69. The number of hydrogen-bond acceptors (Lipinski definition) is 4. The van der Waals surface area contributed by atoms with Gasteiger partial charge >= 0.3 is 12.2 Å². The monoisotopic (exact) mass is 244 g/mol. The molecule has 17 heavy (non-hydrogen) atoms. The van der Waals surface area contributed by atoms with Gasteiger partial charge in [0.25, 0.3) is 0 Å². The first kappa shape index (κ1) is 13.6. The van der Waals surface area contributed by atoms with Crippen molar-refractivity contribution in [1.29, 1.82) is 0 Å². The van der Waals surface area contributed by atoms with Crippen LogP contribution < -0.4 is 5.48 Å². The Morgan fingerprint density at radius 2 is 1.94 bits per heavy atom. The smallest absolute Gasteiger partial charge is 0.440 e. The van der Waals surface area contributed by atoms with Crippen LogP contribution in [-0.2, 0) is 9.57 Å². The molecular weight excluding hydrogens is 224 g/mol. The molecule has 1 rings (SSSR count). The largest absolute Gasteiger partial charge is 0.448 e. The van der Waals surface area contributed by atoms with Crippen molar-refractivity contribution in [3.63, 3.8) is 0 Å². The Kier molecular flexibility index (Phi) is 5.59. The van der Waals surface area contributed by atoms with Gasteiger partial charge in [0.1, 0.15) is 0 Å². The molecule has 0 heterocycles. The van der Waals surface area contributed by atoms with E-state index in [4.69, 9.17) is 0 Å². The lowest BCUT2D eigenvalue weighted by molar-refractivity contribution is 0.0373. The zero-order valence-electron chi connectivity index (χ0n) is 10.4. The summed E-state index contributed by atoms with van der Waals surface area (Å²) in [6, 6.07) is 0.209. The van der Waals surface area contributed by atoms with Crippen molar-refractivity contribution in [2.45, 2.75) is 45.1 Å². The molecule has 6 nitrogen and oxygen atoms in total. The first-order chi connectivity index (χ1) is 8.15. The lowest BCUT2D eigenvalue weighted by Gasteiger charge is -2.29. The maximum Gasteiger partial charge on any atom is 0.440 e. The molecule has 1 fully saturated rings. The molecule has 1 N–H and O–H groups in total. The van der Waals surface area contributed by atoms with Crippen molar-refractivity contribution in [2.24, 2.45) is 0 Å². The van der Waals surface area contributed by atoms with Crippen LogP contribution in [0.2, 0.25) is 0 Å². The van der Waals surface area contributed by atoms with Gasteiger partial charge in [0.15, 0.2) is 0 Å². The van der Waals surface area contributed by atoms with Crippen LogP contribution >= 0.6 is 0 Å². The fraction of sp³-hybridized carbons (Fsp3) is 0.818. The van der Waals surface area contributed by atoms with Gasteiger partial charge in [0.2, 0.25) is 0 Å². The molecule has 1 saturated carbocycles. The minimum absolute atomic E-state index is 0.209. The van der Waals surface area contributed by atoms with Gasteiger partial charge in [0, 0.05) is 13.1 Å². The average Bonchev–Trinajstić information content (AvgIpc) is 2.36. The van der Waals surface area contributed by atoms with Gasteiger partial charge < -0.3 is 14.5 Å². The highest BCUT2D eigenvalue weighted by Crippen LogP contribution is 2.21. The van der Waals surface area contributed by atoms with Gasteiger partial charge in [-0.3, -0.25) is 0 Å². The van der Waals surface area contributed by atoms with Gasteiger partial charge in [-0.25, -0.2) is 9.59 Å². The highest BCUT2D eigenvalue weighted by Gasteiger charge is 2.23. The summed E-state index contributed by atoms with van der Waals surface area (Å²) in [6.07, 6.45) is 4.17. The van der Waals surface area contributed by atoms with Crippen molar-refractivity contribution < 1.29 is 19.2 Å². The Bertz CT molecular complexity index is 264. The summed E-state index contributed by atoms with van der Waals surface area (Å²) in [4.78, 5) is 28.7. The summed E-state index contributed by atoms with van der Waals surface area (Å²) in [5.74, 6) is 0. The van der Waals surface area contributed by atoms with E-state index in [0.29, 0.717) is 0 Å². The number of nitrogens with one attached hydrogen (secondary N) is 1. The summed E-state index contributed by atoms with van der Waals surface area (Å²) < 4.78 is 4.57. The molecule has 0 unspecified atom stereocenters. The second kappa shape index (κ2) is 6.98. The van der Waals surface area contributed by atoms with E-state index in [1.54, 1.807) is 14.0 Å². The molecule has 98 valence electrons. The van der Waals surface area contributed by atoms with Crippen LogP contribution in [0, 0.1) is 0 Å². The third kappa shape index (κ3) is 4.50. The molecule has 0 bridgehead atoms. The Morgan fingerprint density at radius 1 is 1.29 bits per heavy atom. The number of nitrogens with zero attached hydrogens (tertiary/aromatic N) is 1. The Hall–Kier alpha value is -1.46. The van der Waals surface area contributed by atoms with Crippen molar-refractivity contribution in [2.75, 3.05) is 13.7 Å². The molecule has 6 heteroatoms. The zero-order chi connectivity index (χ0) is 12.7. The van der Waals surface area contributed by atoms with Crippen LogP contribution in [0.1, 0.15) is 39.0 Å². The standard InChI is InChI=1S/C11H20N2O4/c1-3-16-10(14)12-17-11(15)13(2)9-7-5-4-6-8-9/h9H,3-8H2,1-2H3,(H,12,14). The fourth-order valence-corrected chi connectivity index (χ4v) is 1.94. The lowest BCUT2D eigenvalue weighted by atomic mass is 9.95. The summed E-state index contributed by atoms with van der Waals surface area (Å²) in [6.45, 7) is 1.91. The van der Waals surface area contributed by atoms with Crippen molar-refractivity contribution in [3.8, 4) is 0 Å². The third-order valence-corrected chi connectivity index (χ3v) is 2.91. The quantitative estimate of drug-likeness (QED) is 0.755. The summed E-state index contributed by atoms with van der Waals surface area (Å²) in [5, 5.41) is 0. The van der Waals surface area contributed by atoms with E-state index < -0.39 is 12.2 Å². The maximum absolute atomic E-state index is 11.6. The summed E-state index contributed by atoms with van der Waals surface area (Å²) >= 11 is 0. The minimum Gasteiger partial charge on any atom is -0.448 e. The predicted molar refractivity (Wildman–Crippen MR) is 61.3 cm³/mol. The molecule has 0 radical (unpaired) electrons. The van der Waals surface area contributed by atoms with Crippen LogP contribution in [0.5, 0.6) is 0 Å². The zero-order valence-corrected chi connectivity index (χ0v) is 10.4. The van der Waals surface area contributed by atoms with E-state index >= 15 is 0 Å². The Morgan fingerprint density at radius 3 is 2.53 bits per heavy atom. The van der Waals surface area contributed by atoms with E-state index in [0.717, 1.165) is 25.7 Å². The number of rotatable bonds is 2. The molecule has 0 spiro atoms. The molecular formula is C11H20N2O4. The second-order valence-corrected chi connectivity index (χ2v) is 4.09. The van der Waals surface area contributed by atoms with Gasteiger partial charge in [-0.05, 0) is 19.8 Å². The molecule has 0 aromatic rings. The number of carbonyl (C=O) groups excluding carboxylic acids is 2. The third-order valence-electron chi connectivity index (χ3n) is 2.91. The van der Waals surface area contributed by atoms with Gasteiger partial charge in [0.05, 0.1) is 6.61 Å². The SMILES string of the molecule is CCOC(=O)NOC(=O)N(C)C1CCCCC1. The Labute approximate surface area is 101 Å². The first-order valence-corrected chi connectivity index (χ1v) is 6.01. The molecule has 1 aliphatic carbocycles. The van der Waals surface area contributed by atoms with Gasteiger partial charge in [-0.1, -0.05) is 19.3 Å². The molecule has 0 saturated heterocycles. The van der Waals surface area contributed by atoms with Crippen molar-refractivity contribution >= 4 is 12.2 Å². The highest BCUT2D eigenvalue weighted by atomic mass is 16.7. The number of amides is 2. The van der Waals surface area contributed by atoms with E-state index in [1.165, 1.54) is 11.3 Å². The van der Waals surface area contributed by atoms with E-state index in [-0.39, 0.29) is 12.6 Å². The highest BCUT2D eigenvalue weighted by molar-refractivity contribution is 5.72. The first-order valence-electron chi connectivity index (χ1n) is 6.01. The molecule has 0 aromatic carbocycles. The second-order valence-electron chi connectivity index (χ2n) is 4.09. The molecule has 1 aliphatic rings. The van der Waals surface area contributed by atoms with Crippen LogP contribution in [0.4, 0.5) is 9.59 Å². The van der Waals surface area contributed by atoms with Crippen LogP contribution in [0.25, 0.3) is 0 Å². The van der Waals surface area contributed by atoms with Crippen molar-refractivity contribution in [1.82, 2.24) is 10.4 Å². The van der Waals surface area contributed by atoms with E-state index in [1.807, 2.05) is 5.48 Å². The molecule has 0 aliphatic heterocycles. The normalized spacial score (nSPS) is 16.1. The number of hydrogen-bond donors (Lipinski definition) is 1. The van der Waals surface area contributed by atoms with E-state index in [2.05, 4.69) is 9.57 Å². The lowest BCUT2D eigenvalue weighted by Crippen LogP contribution is -2.41. The average molecular weight is 244 g/mol. The van der Waals surface area contributed by atoms with Crippen molar-refractivity contribution in [3.05, 3.63) is 0 Å². The van der Waals surface area contributed by atoms with Crippen LogP contribution in [-0.4, -0.2) is 36.8 Å². The Balaban J connectivity index is 2.28.